The molecule has 2 rings (SSSR count). The van der Waals surface area contributed by atoms with Gasteiger partial charge in [-0.15, -0.1) is 24.0 Å². The van der Waals surface area contributed by atoms with Crippen LogP contribution in [0.1, 0.15) is 26.2 Å². The zero-order valence-corrected chi connectivity index (χ0v) is 17.7. The minimum Gasteiger partial charge on any atom is -0.489 e. The first kappa shape index (κ1) is 22.5. The summed E-state index contributed by atoms with van der Waals surface area (Å²) in [5.41, 5.74) is 0. The number of hydrogen-bond donors (Lipinski definition) is 2. The van der Waals surface area contributed by atoms with Crippen LogP contribution in [0, 0.1) is 5.82 Å². The molecule has 1 aliphatic heterocycles. The second-order valence-corrected chi connectivity index (χ2v) is 6.13. The quantitative estimate of drug-likeness (QED) is 0.375. The van der Waals surface area contributed by atoms with Gasteiger partial charge < -0.3 is 20.3 Å². The van der Waals surface area contributed by atoms with E-state index in [0.717, 1.165) is 25.9 Å². The van der Waals surface area contributed by atoms with Gasteiger partial charge in [-0.3, -0.25) is 9.79 Å². The third-order valence-electron chi connectivity index (χ3n) is 4.03. The van der Waals surface area contributed by atoms with Crippen molar-refractivity contribution < 1.29 is 13.9 Å². The molecular formula is C18H28FIN4O2. The number of aliphatic imine (C=N–C) groups is 1. The van der Waals surface area contributed by atoms with Crippen LogP contribution in [0.25, 0.3) is 0 Å². The molecule has 0 aliphatic carbocycles. The molecule has 1 amide bonds. The summed E-state index contributed by atoms with van der Waals surface area (Å²) in [5, 5.41) is 6.14. The van der Waals surface area contributed by atoms with Crippen LogP contribution in [-0.4, -0.2) is 56.1 Å². The van der Waals surface area contributed by atoms with Crippen LogP contribution in [0.3, 0.4) is 0 Å². The number of guanidine groups is 1. The van der Waals surface area contributed by atoms with Gasteiger partial charge in [0.1, 0.15) is 17.7 Å². The SMILES string of the molecule is CN=C(NCC(=O)N1CCCCC1)NCC(C)Oc1cccc(F)c1.I. The Morgan fingerprint density at radius 3 is 2.69 bits per heavy atom. The Kier molecular flexibility index (Phi) is 10.3. The molecular weight excluding hydrogens is 450 g/mol. The fourth-order valence-corrected chi connectivity index (χ4v) is 2.69. The summed E-state index contributed by atoms with van der Waals surface area (Å²) >= 11 is 0. The van der Waals surface area contributed by atoms with Crippen molar-refractivity contribution in [3.05, 3.63) is 30.1 Å². The lowest BCUT2D eigenvalue weighted by Crippen LogP contribution is -2.47. The average Bonchev–Trinajstić information content (AvgIpc) is 2.62. The van der Waals surface area contributed by atoms with Gasteiger partial charge in [0.2, 0.25) is 5.91 Å². The van der Waals surface area contributed by atoms with Crippen LogP contribution in [-0.2, 0) is 4.79 Å². The van der Waals surface area contributed by atoms with E-state index in [1.807, 2.05) is 11.8 Å². The Balaban J connectivity index is 0.00000338. The van der Waals surface area contributed by atoms with Crippen molar-refractivity contribution in [1.82, 2.24) is 15.5 Å². The lowest BCUT2D eigenvalue weighted by molar-refractivity contribution is -0.130. The Bertz CT molecular complexity index is 594. The largest absolute Gasteiger partial charge is 0.489 e. The van der Waals surface area contributed by atoms with Crippen LogP contribution < -0.4 is 15.4 Å². The molecule has 8 heteroatoms. The van der Waals surface area contributed by atoms with Crippen LogP contribution >= 0.6 is 24.0 Å². The number of nitrogens with one attached hydrogen (secondary N) is 2. The predicted octanol–water partition coefficient (Wildman–Crippen LogP) is 2.39. The number of carbonyl (C=O) groups is 1. The molecule has 1 heterocycles. The van der Waals surface area contributed by atoms with E-state index in [4.69, 9.17) is 4.74 Å². The van der Waals surface area contributed by atoms with Crippen LogP contribution in [0.5, 0.6) is 5.75 Å². The number of likely N-dealkylation sites (tertiary alicyclic amines) is 1. The van der Waals surface area contributed by atoms with Gasteiger partial charge in [0.25, 0.3) is 0 Å². The van der Waals surface area contributed by atoms with E-state index >= 15 is 0 Å². The molecule has 0 aromatic heterocycles. The molecule has 0 spiro atoms. The summed E-state index contributed by atoms with van der Waals surface area (Å²) in [6, 6.07) is 6.04. The number of piperidine rings is 1. The van der Waals surface area contributed by atoms with Crippen LogP contribution in [0.4, 0.5) is 4.39 Å². The molecule has 0 saturated carbocycles. The van der Waals surface area contributed by atoms with Crippen molar-refractivity contribution in [3.8, 4) is 5.75 Å². The summed E-state index contributed by atoms with van der Waals surface area (Å²) in [5.74, 6) is 0.788. The maximum absolute atomic E-state index is 13.2. The fourth-order valence-electron chi connectivity index (χ4n) is 2.69. The van der Waals surface area contributed by atoms with Gasteiger partial charge in [-0.25, -0.2) is 4.39 Å². The van der Waals surface area contributed by atoms with E-state index in [2.05, 4.69) is 15.6 Å². The highest BCUT2D eigenvalue weighted by atomic mass is 127. The van der Waals surface area contributed by atoms with Gasteiger partial charge in [0, 0.05) is 26.2 Å². The van der Waals surface area contributed by atoms with E-state index in [1.165, 1.54) is 18.6 Å². The van der Waals surface area contributed by atoms with Crippen molar-refractivity contribution in [2.24, 2.45) is 4.99 Å². The number of hydrogen-bond acceptors (Lipinski definition) is 3. The molecule has 146 valence electrons. The minimum absolute atomic E-state index is 0. The van der Waals surface area contributed by atoms with Gasteiger partial charge >= 0.3 is 0 Å². The third-order valence-corrected chi connectivity index (χ3v) is 4.03. The van der Waals surface area contributed by atoms with E-state index in [9.17, 15) is 9.18 Å². The Morgan fingerprint density at radius 2 is 2.04 bits per heavy atom. The number of amides is 1. The zero-order chi connectivity index (χ0) is 18.1. The molecule has 1 aliphatic rings. The highest BCUT2D eigenvalue weighted by Gasteiger charge is 2.16. The van der Waals surface area contributed by atoms with E-state index in [-0.39, 0.29) is 48.3 Å². The molecule has 6 nitrogen and oxygen atoms in total. The summed E-state index contributed by atoms with van der Waals surface area (Å²) in [7, 11) is 1.65. The van der Waals surface area contributed by atoms with Crippen molar-refractivity contribution >= 4 is 35.8 Å². The standard InChI is InChI=1S/C18H27FN4O2.HI/c1-14(25-16-8-6-7-15(19)11-16)12-21-18(20-2)22-13-17(24)23-9-4-3-5-10-23;/h6-8,11,14H,3-5,9-10,12-13H2,1-2H3,(H2,20,21,22);1H. The fraction of sp³-hybridized carbons (Fsp3) is 0.556. The second kappa shape index (κ2) is 11.9. The highest BCUT2D eigenvalue weighted by Crippen LogP contribution is 2.13. The van der Waals surface area contributed by atoms with Crippen molar-refractivity contribution in [2.75, 3.05) is 33.2 Å². The normalized spacial score (nSPS) is 15.7. The van der Waals surface area contributed by atoms with Gasteiger partial charge in [-0.05, 0) is 38.3 Å². The second-order valence-electron chi connectivity index (χ2n) is 6.13. The van der Waals surface area contributed by atoms with Crippen molar-refractivity contribution in [2.45, 2.75) is 32.3 Å². The maximum atomic E-state index is 13.2. The summed E-state index contributed by atoms with van der Waals surface area (Å²) in [6.07, 6.45) is 3.17. The van der Waals surface area contributed by atoms with Gasteiger partial charge in [-0.2, -0.15) is 0 Å². The number of nitrogens with zero attached hydrogens (tertiary/aromatic N) is 2. The van der Waals surface area contributed by atoms with Crippen LogP contribution in [0.15, 0.2) is 29.3 Å². The number of ether oxygens (including phenoxy) is 1. The Morgan fingerprint density at radius 1 is 1.31 bits per heavy atom. The highest BCUT2D eigenvalue weighted by molar-refractivity contribution is 14.0. The lowest BCUT2D eigenvalue weighted by Gasteiger charge is -2.27. The summed E-state index contributed by atoms with van der Waals surface area (Å²) in [4.78, 5) is 18.1. The Labute approximate surface area is 171 Å². The van der Waals surface area contributed by atoms with Crippen LogP contribution in [0.2, 0.25) is 0 Å². The van der Waals surface area contributed by atoms with Gasteiger partial charge in [0.05, 0.1) is 13.1 Å². The lowest BCUT2D eigenvalue weighted by atomic mass is 10.1. The molecule has 0 bridgehead atoms. The monoisotopic (exact) mass is 478 g/mol. The predicted molar refractivity (Wildman–Crippen MR) is 112 cm³/mol. The summed E-state index contributed by atoms with van der Waals surface area (Å²) in [6.45, 7) is 4.26. The first-order chi connectivity index (χ1) is 12.1. The molecule has 1 aromatic rings. The molecule has 26 heavy (non-hydrogen) atoms. The number of benzene rings is 1. The molecule has 0 radical (unpaired) electrons. The van der Waals surface area contributed by atoms with Gasteiger partial charge in [-0.1, -0.05) is 6.07 Å². The molecule has 1 aromatic carbocycles. The molecule has 2 N–H and O–H groups in total. The van der Waals surface area contributed by atoms with E-state index in [1.54, 1.807) is 19.2 Å². The van der Waals surface area contributed by atoms with Gasteiger partial charge in [0.15, 0.2) is 5.96 Å². The molecule has 1 fully saturated rings. The maximum Gasteiger partial charge on any atom is 0.241 e. The number of carbonyl (C=O) groups excluding carboxylic acids is 1. The number of halogens is 2. The first-order valence-corrected chi connectivity index (χ1v) is 8.73. The Hall–Kier alpha value is -1.58. The smallest absolute Gasteiger partial charge is 0.241 e. The van der Waals surface area contributed by atoms with E-state index < -0.39 is 0 Å². The zero-order valence-electron chi connectivity index (χ0n) is 15.3. The van der Waals surface area contributed by atoms with Crippen molar-refractivity contribution in [3.63, 3.8) is 0 Å². The first-order valence-electron chi connectivity index (χ1n) is 8.73. The molecule has 1 saturated heterocycles. The minimum atomic E-state index is -0.327. The van der Waals surface area contributed by atoms with Crippen molar-refractivity contribution in [1.29, 1.82) is 0 Å². The molecule has 1 atom stereocenters. The average molecular weight is 478 g/mol. The summed E-state index contributed by atoms with van der Waals surface area (Å²) < 4.78 is 18.8. The number of rotatable bonds is 6. The third kappa shape index (κ3) is 7.76. The topological polar surface area (TPSA) is 66.0 Å². The van der Waals surface area contributed by atoms with E-state index in [0.29, 0.717) is 18.3 Å². The molecule has 1 unspecified atom stereocenters.